The predicted molar refractivity (Wildman–Crippen MR) is 117 cm³/mol. The molecule has 0 saturated heterocycles. The lowest BCUT2D eigenvalue weighted by atomic mass is 10.0. The van der Waals surface area contributed by atoms with Gasteiger partial charge in [0.15, 0.2) is 0 Å². The molecule has 2 nitrogen and oxygen atoms in total. The Kier molecular flexibility index (Phi) is 4.41. The van der Waals surface area contributed by atoms with Gasteiger partial charge >= 0.3 is 6.18 Å². The number of benzene rings is 4. The van der Waals surface area contributed by atoms with E-state index in [0.29, 0.717) is 11.0 Å². The van der Waals surface area contributed by atoms with E-state index in [1.54, 1.807) is 0 Å². The fraction of sp³-hybridized carbons (Fsp3) is 0.0455. The summed E-state index contributed by atoms with van der Waals surface area (Å²) in [5.41, 5.74) is -0.616. The van der Waals surface area contributed by atoms with Crippen LogP contribution in [-0.4, -0.2) is 9.97 Å². The van der Waals surface area contributed by atoms with E-state index in [0.717, 1.165) is 48.7 Å². The van der Waals surface area contributed by atoms with Crippen LogP contribution in [0.1, 0.15) is 5.56 Å². The summed E-state index contributed by atoms with van der Waals surface area (Å²) >= 11 is 6.94. The maximum absolute atomic E-state index is 14.6. The first-order valence-electron chi connectivity index (χ1n) is 8.80. The van der Waals surface area contributed by atoms with Crippen molar-refractivity contribution in [1.29, 1.82) is 0 Å². The zero-order chi connectivity index (χ0) is 21.2. The minimum absolute atomic E-state index is 0.157. The van der Waals surface area contributed by atoms with Crippen LogP contribution in [0.4, 0.5) is 17.6 Å². The van der Waals surface area contributed by atoms with Crippen LogP contribution in [0.25, 0.3) is 44.0 Å². The molecule has 4 aromatic carbocycles. The van der Waals surface area contributed by atoms with Gasteiger partial charge in [0.1, 0.15) is 11.6 Å². The smallest absolute Gasteiger partial charge is 0.337 e. The van der Waals surface area contributed by atoms with Gasteiger partial charge in [-0.25, -0.2) is 9.37 Å². The second-order valence-corrected chi connectivity index (χ2v) is 8.68. The molecular weight excluding hydrogens is 528 g/mol. The van der Waals surface area contributed by atoms with Gasteiger partial charge < -0.3 is 4.98 Å². The van der Waals surface area contributed by atoms with Gasteiger partial charge in [0.05, 0.1) is 22.2 Å². The van der Waals surface area contributed by atoms with Crippen molar-refractivity contribution < 1.29 is 17.6 Å². The fourth-order valence-electron chi connectivity index (χ4n) is 3.79. The second kappa shape index (κ2) is 6.78. The Balaban J connectivity index is 1.94. The van der Waals surface area contributed by atoms with E-state index in [-0.39, 0.29) is 5.82 Å². The highest BCUT2D eigenvalue weighted by Gasteiger charge is 2.36. The molecule has 0 unspecified atom stereocenters. The summed E-state index contributed by atoms with van der Waals surface area (Å²) in [5, 5.41) is 3.32. The van der Waals surface area contributed by atoms with E-state index in [2.05, 4.69) is 41.8 Å². The van der Waals surface area contributed by atoms with Crippen molar-refractivity contribution >= 4 is 64.4 Å². The van der Waals surface area contributed by atoms with Crippen molar-refractivity contribution in [2.75, 3.05) is 0 Å². The lowest BCUT2D eigenvalue weighted by molar-refractivity contribution is -0.137. The fourth-order valence-corrected chi connectivity index (χ4v) is 4.51. The number of alkyl halides is 3. The summed E-state index contributed by atoms with van der Waals surface area (Å²) in [6.07, 6.45) is -4.71. The van der Waals surface area contributed by atoms with Crippen molar-refractivity contribution in [3.63, 3.8) is 0 Å². The van der Waals surface area contributed by atoms with Gasteiger partial charge in [-0.3, -0.25) is 0 Å². The lowest BCUT2D eigenvalue weighted by Gasteiger charge is -2.11. The predicted octanol–water partition coefficient (Wildman–Crippen LogP) is 8.22. The van der Waals surface area contributed by atoms with Crippen LogP contribution in [-0.2, 0) is 6.18 Å². The Morgan fingerprint density at radius 3 is 2.10 bits per heavy atom. The zero-order valence-electron chi connectivity index (χ0n) is 14.9. The summed E-state index contributed by atoms with van der Waals surface area (Å²) in [7, 11) is 0. The molecule has 8 heteroatoms. The molecule has 1 N–H and O–H groups in total. The molecule has 0 aliphatic carbocycles. The molecule has 5 aromatic rings. The number of nitrogens with zero attached hydrogens (tertiary/aromatic N) is 1. The highest BCUT2D eigenvalue weighted by atomic mass is 79.9. The van der Waals surface area contributed by atoms with Gasteiger partial charge in [0, 0.05) is 19.7 Å². The second-order valence-electron chi connectivity index (χ2n) is 6.85. The molecule has 30 heavy (non-hydrogen) atoms. The molecule has 150 valence electrons. The van der Waals surface area contributed by atoms with E-state index < -0.39 is 23.1 Å². The number of fused-ring (bicyclic) bond motifs is 6. The van der Waals surface area contributed by atoms with Gasteiger partial charge in [0.25, 0.3) is 0 Å². The Hall–Kier alpha value is -2.45. The molecule has 0 radical (unpaired) electrons. The highest BCUT2D eigenvalue weighted by molar-refractivity contribution is 9.10. The van der Waals surface area contributed by atoms with Gasteiger partial charge in [-0.05, 0) is 47.2 Å². The number of nitrogens with one attached hydrogen (secondary N) is 1. The van der Waals surface area contributed by atoms with E-state index >= 15 is 0 Å². The monoisotopic (exact) mass is 536 g/mol. The summed E-state index contributed by atoms with van der Waals surface area (Å²) < 4.78 is 56.9. The average Bonchev–Trinajstić information content (AvgIpc) is 3.12. The zero-order valence-corrected chi connectivity index (χ0v) is 18.1. The molecule has 5 rings (SSSR count). The quantitative estimate of drug-likeness (QED) is 0.169. The number of halogens is 6. The number of rotatable bonds is 1. The van der Waals surface area contributed by atoms with Gasteiger partial charge in [-0.2, -0.15) is 13.2 Å². The summed E-state index contributed by atoms with van der Waals surface area (Å²) in [6, 6.07) is 14.2. The van der Waals surface area contributed by atoms with Crippen molar-refractivity contribution in [3.8, 4) is 11.4 Å². The molecule has 0 spiro atoms. The summed E-state index contributed by atoms with van der Waals surface area (Å²) in [5.74, 6) is -1.14. The highest BCUT2D eigenvalue weighted by Crippen LogP contribution is 2.41. The van der Waals surface area contributed by atoms with Crippen molar-refractivity contribution in [2.45, 2.75) is 6.18 Å². The van der Waals surface area contributed by atoms with Crippen LogP contribution >= 0.6 is 31.9 Å². The van der Waals surface area contributed by atoms with Crippen molar-refractivity contribution in [2.24, 2.45) is 0 Å². The van der Waals surface area contributed by atoms with Crippen LogP contribution in [0.15, 0.2) is 63.5 Å². The number of imidazole rings is 1. The molecule has 1 aromatic heterocycles. The molecule has 0 amide bonds. The van der Waals surface area contributed by atoms with E-state index in [9.17, 15) is 17.6 Å². The molecule has 0 saturated carbocycles. The number of aromatic amines is 1. The third kappa shape index (κ3) is 3.01. The first-order valence-corrected chi connectivity index (χ1v) is 10.4. The molecule has 0 aliphatic rings. The normalized spacial score (nSPS) is 12.3. The van der Waals surface area contributed by atoms with E-state index in [1.807, 2.05) is 36.4 Å². The molecule has 0 atom stereocenters. The van der Waals surface area contributed by atoms with E-state index in [1.165, 1.54) is 0 Å². The largest absolute Gasteiger partial charge is 0.417 e. The minimum atomic E-state index is -4.71. The maximum atomic E-state index is 14.6. The Morgan fingerprint density at radius 2 is 1.43 bits per heavy atom. The lowest BCUT2D eigenvalue weighted by Crippen LogP contribution is -2.08. The third-order valence-corrected chi connectivity index (χ3v) is 6.02. The minimum Gasteiger partial charge on any atom is -0.337 e. The average molecular weight is 538 g/mol. The van der Waals surface area contributed by atoms with Crippen LogP contribution in [0.2, 0.25) is 0 Å². The van der Waals surface area contributed by atoms with Crippen LogP contribution in [0.5, 0.6) is 0 Å². The molecular formula is C22H10Br2F4N2. The SMILES string of the molecule is Fc1cccc(C(F)(F)F)c1-c1nc2c3ccc(Br)cc3c3cc(Br)ccc3c2[nH]1. The standard InChI is InChI=1S/C22H10Br2F4N2/c23-10-4-6-12-14(8-10)15-9-11(24)5-7-13(15)20-19(12)29-21(30-20)18-16(22(26,27)28)2-1-3-17(18)25/h1-9H,(H,29,30). The number of aromatic nitrogens is 2. The van der Waals surface area contributed by atoms with Crippen LogP contribution < -0.4 is 0 Å². The van der Waals surface area contributed by atoms with E-state index in [4.69, 9.17) is 0 Å². The molecule has 0 aliphatic heterocycles. The van der Waals surface area contributed by atoms with Crippen LogP contribution in [0.3, 0.4) is 0 Å². The van der Waals surface area contributed by atoms with Crippen molar-refractivity contribution in [3.05, 3.63) is 74.9 Å². The third-order valence-electron chi connectivity index (χ3n) is 5.04. The topological polar surface area (TPSA) is 28.7 Å². The Morgan fingerprint density at radius 1 is 0.800 bits per heavy atom. The number of hydrogen-bond acceptors (Lipinski definition) is 1. The Labute approximate surface area is 184 Å². The molecule has 0 fully saturated rings. The Bertz CT molecular complexity index is 1390. The summed E-state index contributed by atoms with van der Waals surface area (Å²) in [6.45, 7) is 0. The molecule has 0 bridgehead atoms. The van der Waals surface area contributed by atoms with Gasteiger partial charge in [-0.15, -0.1) is 0 Å². The van der Waals surface area contributed by atoms with Crippen molar-refractivity contribution in [1.82, 2.24) is 9.97 Å². The van der Waals surface area contributed by atoms with Gasteiger partial charge in [-0.1, -0.05) is 50.1 Å². The van der Waals surface area contributed by atoms with Gasteiger partial charge in [0.2, 0.25) is 0 Å². The van der Waals surface area contributed by atoms with Crippen LogP contribution in [0, 0.1) is 5.82 Å². The first-order chi connectivity index (χ1) is 14.2. The maximum Gasteiger partial charge on any atom is 0.417 e. The summed E-state index contributed by atoms with van der Waals surface area (Å²) in [4.78, 5) is 7.38. The number of H-pyrrole nitrogens is 1. The number of hydrogen-bond donors (Lipinski definition) is 1. The molecule has 1 heterocycles. The first kappa shape index (κ1) is 19.5.